The van der Waals surface area contributed by atoms with Crippen LogP contribution >= 0.6 is 11.6 Å². The number of nitrogens with one attached hydrogen (secondary N) is 1. The molecule has 1 aromatic heterocycles. The monoisotopic (exact) mass is 308 g/mol. The van der Waals surface area contributed by atoms with Gasteiger partial charge in [-0.2, -0.15) is 4.31 Å². The highest BCUT2D eigenvalue weighted by Crippen LogP contribution is 2.18. The molecule has 0 saturated carbocycles. The van der Waals surface area contributed by atoms with Crippen molar-refractivity contribution in [3.8, 4) is 0 Å². The Labute approximate surface area is 119 Å². The van der Waals surface area contributed by atoms with Crippen LogP contribution in [0.5, 0.6) is 0 Å². The summed E-state index contributed by atoms with van der Waals surface area (Å²) in [4.78, 5) is 3.11. The highest BCUT2D eigenvalue weighted by atomic mass is 35.5. The van der Waals surface area contributed by atoms with Crippen LogP contribution in [-0.2, 0) is 20.6 Å². The van der Waals surface area contributed by atoms with E-state index in [4.69, 9.17) is 16.3 Å². The van der Waals surface area contributed by atoms with Crippen molar-refractivity contribution in [1.82, 2.24) is 9.29 Å². The smallest absolute Gasteiger partial charge is 0.244 e. The van der Waals surface area contributed by atoms with Gasteiger partial charge < -0.3 is 9.72 Å². The Morgan fingerprint density at radius 3 is 2.63 bits per heavy atom. The molecule has 0 amide bonds. The van der Waals surface area contributed by atoms with Gasteiger partial charge >= 0.3 is 0 Å². The maximum atomic E-state index is 12.5. The largest absolute Gasteiger partial charge is 0.383 e. The van der Waals surface area contributed by atoms with Crippen LogP contribution < -0.4 is 0 Å². The van der Waals surface area contributed by atoms with E-state index in [1.807, 2.05) is 13.8 Å². The summed E-state index contributed by atoms with van der Waals surface area (Å²) in [5.41, 5.74) is 0.691. The van der Waals surface area contributed by atoms with E-state index in [1.54, 1.807) is 13.2 Å². The number of nitrogens with zero attached hydrogens (tertiary/aromatic N) is 1. The Balaban J connectivity index is 2.96. The second-order valence-electron chi connectivity index (χ2n) is 4.74. The molecule has 0 unspecified atom stereocenters. The summed E-state index contributed by atoms with van der Waals surface area (Å²) in [5, 5.41) is 0. The van der Waals surface area contributed by atoms with E-state index in [0.717, 1.165) is 0 Å². The van der Waals surface area contributed by atoms with E-state index in [0.29, 0.717) is 25.4 Å². The zero-order chi connectivity index (χ0) is 14.5. The Morgan fingerprint density at radius 2 is 2.16 bits per heavy atom. The van der Waals surface area contributed by atoms with E-state index < -0.39 is 10.0 Å². The highest BCUT2D eigenvalue weighted by molar-refractivity contribution is 7.89. The van der Waals surface area contributed by atoms with Gasteiger partial charge in [0.25, 0.3) is 0 Å². The number of sulfonamides is 1. The number of halogens is 1. The molecule has 1 aromatic rings. The molecule has 0 aliphatic rings. The predicted molar refractivity (Wildman–Crippen MR) is 75.8 cm³/mol. The summed E-state index contributed by atoms with van der Waals surface area (Å²) in [6.07, 6.45) is 1.48. The van der Waals surface area contributed by atoms with Crippen molar-refractivity contribution < 1.29 is 13.2 Å². The van der Waals surface area contributed by atoms with Crippen molar-refractivity contribution in [2.24, 2.45) is 5.92 Å². The van der Waals surface area contributed by atoms with Crippen LogP contribution in [0.2, 0.25) is 0 Å². The number of alkyl halides is 1. The fourth-order valence-corrected chi connectivity index (χ4v) is 3.46. The molecule has 1 heterocycles. The number of rotatable bonds is 8. The molecule has 0 saturated heterocycles. The van der Waals surface area contributed by atoms with Crippen molar-refractivity contribution in [3.05, 3.63) is 18.0 Å². The molecule has 0 spiro atoms. The molecule has 0 atom stereocenters. The molecule has 110 valence electrons. The Bertz CT molecular complexity index is 485. The van der Waals surface area contributed by atoms with Gasteiger partial charge in [0.2, 0.25) is 10.0 Å². The first-order valence-electron chi connectivity index (χ1n) is 6.14. The summed E-state index contributed by atoms with van der Waals surface area (Å²) in [6, 6.07) is 1.57. The van der Waals surface area contributed by atoms with E-state index in [-0.39, 0.29) is 16.7 Å². The minimum absolute atomic E-state index is 0.248. The van der Waals surface area contributed by atoms with Crippen molar-refractivity contribution in [3.63, 3.8) is 0 Å². The first-order chi connectivity index (χ1) is 8.91. The van der Waals surface area contributed by atoms with Crippen LogP contribution in [0.1, 0.15) is 19.5 Å². The lowest BCUT2D eigenvalue weighted by Gasteiger charge is -2.23. The summed E-state index contributed by atoms with van der Waals surface area (Å²) in [7, 11) is -1.94. The maximum absolute atomic E-state index is 12.5. The molecule has 0 aromatic carbocycles. The van der Waals surface area contributed by atoms with Crippen LogP contribution in [0, 0.1) is 5.92 Å². The van der Waals surface area contributed by atoms with E-state index in [9.17, 15) is 8.42 Å². The van der Waals surface area contributed by atoms with E-state index in [1.165, 1.54) is 10.5 Å². The quantitative estimate of drug-likeness (QED) is 0.748. The molecule has 0 fully saturated rings. The summed E-state index contributed by atoms with van der Waals surface area (Å²) in [5.74, 6) is 0.510. The van der Waals surface area contributed by atoms with Crippen LogP contribution in [0.3, 0.4) is 0 Å². The van der Waals surface area contributed by atoms with Crippen LogP contribution in [0.4, 0.5) is 0 Å². The number of hydrogen-bond acceptors (Lipinski definition) is 3. The second kappa shape index (κ2) is 7.28. The van der Waals surface area contributed by atoms with Gasteiger partial charge in [-0.05, 0) is 12.0 Å². The first-order valence-corrected chi connectivity index (χ1v) is 8.11. The molecular weight excluding hydrogens is 288 g/mol. The number of H-pyrrole nitrogens is 1. The van der Waals surface area contributed by atoms with Gasteiger partial charge in [0.15, 0.2) is 0 Å². The van der Waals surface area contributed by atoms with E-state index >= 15 is 0 Å². The summed E-state index contributed by atoms with van der Waals surface area (Å²) in [6.45, 7) is 5.15. The minimum Gasteiger partial charge on any atom is -0.383 e. The minimum atomic E-state index is -3.49. The average molecular weight is 309 g/mol. The van der Waals surface area contributed by atoms with Crippen LogP contribution in [0.15, 0.2) is 17.2 Å². The predicted octanol–water partition coefficient (Wildman–Crippen LogP) is 2.05. The third kappa shape index (κ3) is 4.49. The normalized spacial score (nSPS) is 12.5. The summed E-state index contributed by atoms with van der Waals surface area (Å²) >= 11 is 5.68. The molecule has 5 nitrogen and oxygen atoms in total. The topological polar surface area (TPSA) is 62.4 Å². The Morgan fingerprint density at radius 1 is 1.47 bits per heavy atom. The molecule has 7 heteroatoms. The van der Waals surface area contributed by atoms with Crippen molar-refractivity contribution in [2.75, 3.05) is 26.8 Å². The molecule has 0 radical (unpaired) electrons. The third-order valence-corrected chi connectivity index (χ3v) is 4.74. The number of ether oxygens (including phenoxy) is 1. The van der Waals surface area contributed by atoms with Crippen molar-refractivity contribution in [2.45, 2.75) is 24.6 Å². The third-order valence-electron chi connectivity index (χ3n) is 2.61. The molecular formula is C12H21ClN2O3S. The fraction of sp³-hybridized carbons (Fsp3) is 0.667. The van der Waals surface area contributed by atoms with Gasteiger partial charge in [-0.3, -0.25) is 0 Å². The van der Waals surface area contributed by atoms with Gasteiger partial charge in [0.05, 0.1) is 17.4 Å². The zero-order valence-electron chi connectivity index (χ0n) is 11.5. The van der Waals surface area contributed by atoms with Gasteiger partial charge in [-0.25, -0.2) is 8.42 Å². The zero-order valence-corrected chi connectivity index (χ0v) is 13.1. The average Bonchev–Trinajstić information content (AvgIpc) is 2.83. The number of methoxy groups -OCH3 is 1. The van der Waals surface area contributed by atoms with Crippen LogP contribution in [0.25, 0.3) is 0 Å². The van der Waals surface area contributed by atoms with Crippen molar-refractivity contribution in [1.29, 1.82) is 0 Å². The second-order valence-corrected chi connectivity index (χ2v) is 6.95. The lowest BCUT2D eigenvalue weighted by molar-refractivity contribution is 0.175. The Hall–Kier alpha value is -0.560. The molecule has 19 heavy (non-hydrogen) atoms. The highest BCUT2D eigenvalue weighted by Gasteiger charge is 2.25. The SMILES string of the molecule is COCCN(CC(C)C)S(=O)(=O)c1c[nH]c(CCl)c1. The van der Waals surface area contributed by atoms with Gasteiger partial charge in [0.1, 0.15) is 0 Å². The first kappa shape index (κ1) is 16.5. The van der Waals surface area contributed by atoms with Gasteiger partial charge in [0, 0.05) is 32.1 Å². The number of aromatic amines is 1. The number of hydrogen-bond donors (Lipinski definition) is 1. The van der Waals surface area contributed by atoms with Gasteiger partial charge in [-0.15, -0.1) is 11.6 Å². The fourth-order valence-electron chi connectivity index (χ4n) is 1.70. The lowest BCUT2D eigenvalue weighted by atomic mass is 10.2. The summed E-state index contributed by atoms with van der Waals surface area (Å²) < 4.78 is 31.4. The van der Waals surface area contributed by atoms with Crippen LogP contribution in [-0.4, -0.2) is 44.5 Å². The maximum Gasteiger partial charge on any atom is 0.244 e. The molecule has 0 aliphatic heterocycles. The Kier molecular flexibility index (Phi) is 6.32. The molecule has 1 N–H and O–H groups in total. The lowest BCUT2D eigenvalue weighted by Crippen LogP contribution is -2.36. The standard InChI is InChI=1S/C12H21ClN2O3S/c1-10(2)9-15(4-5-18-3)19(16,17)12-6-11(7-13)14-8-12/h6,8,10,14H,4-5,7,9H2,1-3H3. The molecule has 0 bridgehead atoms. The van der Waals surface area contributed by atoms with Crippen molar-refractivity contribution >= 4 is 21.6 Å². The van der Waals surface area contributed by atoms with Gasteiger partial charge in [-0.1, -0.05) is 13.8 Å². The number of aromatic nitrogens is 1. The molecule has 0 aliphatic carbocycles. The molecule has 1 rings (SSSR count). The van der Waals surface area contributed by atoms with E-state index in [2.05, 4.69) is 4.98 Å².